The Kier molecular flexibility index (Phi) is 4.45. The molecule has 1 aromatic carbocycles. The van der Waals surface area contributed by atoms with E-state index in [1.165, 1.54) is 0 Å². The molecule has 0 aliphatic heterocycles. The zero-order valence-electron chi connectivity index (χ0n) is 11.1. The summed E-state index contributed by atoms with van der Waals surface area (Å²) in [5.74, 6) is 0.736. The minimum atomic E-state index is -0.292. The Balaban J connectivity index is 2.31. The second-order valence-electron chi connectivity index (χ2n) is 4.40. The summed E-state index contributed by atoms with van der Waals surface area (Å²) in [5, 5.41) is 4.94. The quantitative estimate of drug-likeness (QED) is 0.915. The van der Waals surface area contributed by atoms with E-state index in [0.29, 0.717) is 5.02 Å². The van der Waals surface area contributed by atoms with E-state index in [0.717, 1.165) is 29.8 Å². The van der Waals surface area contributed by atoms with Gasteiger partial charge < -0.3 is 10.5 Å². The van der Waals surface area contributed by atoms with Crippen molar-refractivity contribution in [3.8, 4) is 5.75 Å². The van der Waals surface area contributed by atoms with Crippen LogP contribution < -0.4 is 10.5 Å². The van der Waals surface area contributed by atoms with Gasteiger partial charge in [-0.15, -0.1) is 0 Å². The van der Waals surface area contributed by atoms with Crippen molar-refractivity contribution in [3.63, 3.8) is 0 Å². The molecule has 1 unspecified atom stereocenters. The molecule has 2 rings (SSSR count). The van der Waals surface area contributed by atoms with Gasteiger partial charge in [-0.05, 0) is 24.6 Å². The van der Waals surface area contributed by atoms with Crippen LogP contribution in [-0.4, -0.2) is 16.9 Å². The van der Waals surface area contributed by atoms with Gasteiger partial charge in [-0.1, -0.05) is 18.5 Å². The molecule has 2 N–H and O–H groups in total. The zero-order valence-corrected chi connectivity index (χ0v) is 11.9. The summed E-state index contributed by atoms with van der Waals surface area (Å²) in [6.07, 6.45) is 4.80. The van der Waals surface area contributed by atoms with Gasteiger partial charge in [-0.3, -0.25) is 4.68 Å². The predicted octanol–water partition coefficient (Wildman–Crippen LogP) is 3.00. The van der Waals surface area contributed by atoms with E-state index in [2.05, 4.69) is 12.0 Å². The lowest BCUT2D eigenvalue weighted by molar-refractivity contribution is 0.408. The fourth-order valence-electron chi connectivity index (χ4n) is 2.02. The second kappa shape index (κ2) is 6.08. The highest BCUT2D eigenvalue weighted by molar-refractivity contribution is 6.30. The number of hydrogen-bond donors (Lipinski definition) is 1. The number of methoxy groups -OCH3 is 1. The van der Waals surface area contributed by atoms with Gasteiger partial charge in [0, 0.05) is 28.9 Å². The first kappa shape index (κ1) is 13.9. The monoisotopic (exact) mass is 279 g/mol. The normalized spacial score (nSPS) is 12.4. The molecule has 0 bridgehead atoms. The van der Waals surface area contributed by atoms with Crippen molar-refractivity contribution in [1.29, 1.82) is 0 Å². The van der Waals surface area contributed by atoms with Crippen LogP contribution in [0.25, 0.3) is 0 Å². The molecule has 0 aliphatic carbocycles. The number of aryl methyl sites for hydroxylation is 1. The van der Waals surface area contributed by atoms with Crippen LogP contribution in [0.2, 0.25) is 5.02 Å². The van der Waals surface area contributed by atoms with Crippen molar-refractivity contribution in [2.24, 2.45) is 5.73 Å². The first-order valence-electron chi connectivity index (χ1n) is 6.27. The number of halogens is 1. The van der Waals surface area contributed by atoms with Gasteiger partial charge >= 0.3 is 0 Å². The van der Waals surface area contributed by atoms with Crippen molar-refractivity contribution < 1.29 is 4.74 Å². The summed E-state index contributed by atoms with van der Waals surface area (Å²) in [4.78, 5) is 0. The van der Waals surface area contributed by atoms with Crippen LogP contribution in [0.5, 0.6) is 5.75 Å². The average molecular weight is 280 g/mol. The molecule has 0 aliphatic rings. The van der Waals surface area contributed by atoms with Crippen LogP contribution in [0.1, 0.15) is 30.5 Å². The SMILES string of the molecule is CCCn1cc(C(N)c2cc(Cl)ccc2OC)cn1. The lowest BCUT2D eigenvalue weighted by atomic mass is 10.0. The highest BCUT2D eigenvalue weighted by atomic mass is 35.5. The Morgan fingerprint density at radius 1 is 1.47 bits per heavy atom. The van der Waals surface area contributed by atoms with Crippen LogP contribution in [0.3, 0.4) is 0 Å². The van der Waals surface area contributed by atoms with E-state index in [-0.39, 0.29) is 6.04 Å². The molecule has 1 heterocycles. The van der Waals surface area contributed by atoms with E-state index in [1.807, 2.05) is 23.0 Å². The third-order valence-electron chi connectivity index (χ3n) is 2.99. The molecule has 4 nitrogen and oxygen atoms in total. The predicted molar refractivity (Wildman–Crippen MR) is 76.6 cm³/mol. The Morgan fingerprint density at radius 3 is 2.95 bits per heavy atom. The van der Waals surface area contributed by atoms with Crippen molar-refractivity contribution in [2.75, 3.05) is 7.11 Å². The first-order valence-corrected chi connectivity index (χ1v) is 6.65. The van der Waals surface area contributed by atoms with Gasteiger partial charge in [0.2, 0.25) is 0 Å². The molecule has 102 valence electrons. The van der Waals surface area contributed by atoms with Crippen molar-refractivity contribution in [3.05, 3.63) is 46.7 Å². The largest absolute Gasteiger partial charge is 0.496 e. The van der Waals surface area contributed by atoms with E-state index in [9.17, 15) is 0 Å². The van der Waals surface area contributed by atoms with Crippen LogP contribution in [0.4, 0.5) is 0 Å². The van der Waals surface area contributed by atoms with Crippen molar-refractivity contribution in [1.82, 2.24) is 9.78 Å². The molecular formula is C14H18ClN3O. The Morgan fingerprint density at radius 2 is 2.26 bits per heavy atom. The standard InChI is InChI=1S/C14H18ClN3O/c1-3-6-18-9-10(8-17-18)14(16)12-7-11(15)4-5-13(12)19-2/h4-5,7-9,14H,3,6,16H2,1-2H3. The summed E-state index contributed by atoms with van der Waals surface area (Å²) < 4.78 is 7.23. The van der Waals surface area contributed by atoms with E-state index < -0.39 is 0 Å². The number of benzene rings is 1. The van der Waals surface area contributed by atoms with Crippen LogP contribution in [0.15, 0.2) is 30.6 Å². The van der Waals surface area contributed by atoms with Gasteiger partial charge in [-0.2, -0.15) is 5.10 Å². The van der Waals surface area contributed by atoms with E-state index in [4.69, 9.17) is 22.1 Å². The summed E-state index contributed by atoms with van der Waals surface area (Å²) in [6, 6.07) is 5.16. The third kappa shape index (κ3) is 3.08. The molecule has 0 saturated carbocycles. The molecule has 0 fully saturated rings. The maximum Gasteiger partial charge on any atom is 0.124 e. The van der Waals surface area contributed by atoms with Gasteiger partial charge in [0.25, 0.3) is 0 Å². The Hall–Kier alpha value is -1.52. The maximum atomic E-state index is 6.28. The lowest BCUT2D eigenvalue weighted by Crippen LogP contribution is -2.12. The van der Waals surface area contributed by atoms with Crippen LogP contribution in [0, 0.1) is 0 Å². The topological polar surface area (TPSA) is 53.1 Å². The molecule has 0 saturated heterocycles. The maximum absolute atomic E-state index is 6.28. The van der Waals surface area contributed by atoms with Crippen LogP contribution >= 0.6 is 11.6 Å². The van der Waals surface area contributed by atoms with Crippen molar-refractivity contribution >= 4 is 11.6 Å². The zero-order chi connectivity index (χ0) is 13.8. The molecular weight excluding hydrogens is 262 g/mol. The molecule has 0 amide bonds. The highest BCUT2D eigenvalue weighted by Gasteiger charge is 2.16. The number of aromatic nitrogens is 2. The Bertz CT molecular complexity index is 553. The summed E-state index contributed by atoms with van der Waals surface area (Å²) in [7, 11) is 1.62. The molecule has 19 heavy (non-hydrogen) atoms. The molecule has 1 aromatic heterocycles. The molecule has 1 atom stereocenters. The summed E-state index contributed by atoms with van der Waals surface area (Å²) in [5.41, 5.74) is 8.10. The summed E-state index contributed by atoms with van der Waals surface area (Å²) >= 11 is 6.03. The van der Waals surface area contributed by atoms with Crippen LogP contribution in [-0.2, 0) is 6.54 Å². The minimum absolute atomic E-state index is 0.292. The fraction of sp³-hybridized carbons (Fsp3) is 0.357. The molecule has 0 radical (unpaired) electrons. The number of rotatable bonds is 5. The van der Waals surface area contributed by atoms with Gasteiger partial charge in [-0.25, -0.2) is 0 Å². The number of hydrogen-bond acceptors (Lipinski definition) is 3. The second-order valence-corrected chi connectivity index (χ2v) is 4.84. The molecule has 2 aromatic rings. The molecule has 0 spiro atoms. The first-order chi connectivity index (χ1) is 9.15. The van der Waals surface area contributed by atoms with Gasteiger partial charge in [0.05, 0.1) is 19.3 Å². The number of ether oxygens (including phenoxy) is 1. The van der Waals surface area contributed by atoms with E-state index in [1.54, 1.807) is 19.4 Å². The Labute approximate surface area is 118 Å². The fourth-order valence-corrected chi connectivity index (χ4v) is 2.20. The highest BCUT2D eigenvalue weighted by Crippen LogP contribution is 2.30. The molecule has 5 heteroatoms. The van der Waals surface area contributed by atoms with Gasteiger partial charge in [0.15, 0.2) is 0 Å². The third-order valence-corrected chi connectivity index (χ3v) is 3.23. The average Bonchev–Trinajstić information content (AvgIpc) is 2.87. The van der Waals surface area contributed by atoms with E-state index >= 15 is 0 Å². The summed E-state index contributed by atoms with van der Waals surface area (Å²) in [6.45, 7) is 3.00. The lowest BCUT2D eigenvalue weighted by Gasteiger charge is -2.14. The minimum Gasteiger partial charge on any atom is -0.496 e. The number of nitrogens with zero attached hydrogens (tertiary/aromatic N) is 2. The smallest absolute Gasteiger partial charge is 0.124 e. The number of nitrogens with two attached hydrogens (primary N) is 1. The van der Waals surface area contributed by atoms with Gasteiger partial charge in [0.1, 0.15) is 5.75 Å². The van der Waals surface area contributed by atoms with Crippen molar-refractivity contribution in [2.45, 2.75) is 25.9 Å².